The van der Waals surface area contributed by atoms with E-state index in [1.54, 1.807) is 5.56 Å². The van der Waals surface area contributed by atoms with Crippen molar-refractivity contribution in [2.24, 2.45) is 0 Å². The number of hydrogen-bond donors (Lipinski definition) is 1. The van der Waals surface area contributed by atoms with Gasteiger partial charge in [-0.25, -0.2) is 0 Å². The average Bonchev–Trinajstić information content (AvgIpc) is 2.85. The summed E-state index contributed by atoms with van der Waals surface area (Å²) < 4.78 is 0. The standard InChI is InChI=1S/C17H27N3/c1-19(2)13-17-4-3-9-20(17)12-14-5-6-15-7-8-18-11-16(15)10-14/h5-6,10,17-18H,3-4,7-9,11-13H2,1-2H3. The first kappa shape index (κ1) is 14.1. The number of fused-ring (bicyclic) bond motifs is 1. The molecule has 110 valence electrons. The molecule has 3 nitrogen and oxygen atoms in total. The van der Waals surface area contributed by atoms with Gasteiger partial charge in [0.25, 0.3) is 0 Å². The SMILES string of the molecule is CN(C)CC1CCCN1Cc1ccc2c(c1)CNCC2. The second-order valence-corrected chi connectivity index (χ2v) is 6.56. The van der Waals surface area contributed by atoms with Crippen LogP contribution in [0.4, 0.5) is 0 Å². The van der Waals surface area contributed by atoms with Crippen molar-refractivity contribution in [2.75, 3.05) is 33.7 Å². The van der Waals surface area contributed by atoms with Gasteiger partial charge in [-0.05, 0) is 63.1 Å². The number of nitrogens with one attached hydrogen (secondary N) is 1. The maximum absolute atomic E-state index is 3.48. The van der Waals surface area contributed by atoms with Gasteiger partial charge < -0.3 is 10.2 Å². The van der Waals surface area contributed by atoms with Crippen molar-refractivity contribution < 1.29 is 0 Å². The molecule has 2 aliphatic rings. The van der Waals surface area contributed by atoms with E-state index >= 15 is 0 Å². The van der Waals surface area contributed by atoms with E-state index in [0.717, 1.165) is 25.7 Å². The van der Waals surface area contributed by atoms with Crippen molar-refractivity contribution in [3.05, 3.63) is 34.9 Å². The first-order valence-corrected chi connectivity index (χ1v) is 7.92. The molecule has 1 aromatic carbocycles. The summed E-state index contributed by atoms with van der Waals surface area (Å²) in [4.78, 5) is 4.98. The minimum Gasteiger partial charge on any atom is -0.312 e. The van der Waals surface area contributed by atoms with Crippen LogP contribution in [0.3, 0.4) is 0 Å². The fourth-order valence-corrected chi connectivity index (χ4v) is 3.60. The zero-order valence-electron chi connectivity index (χ0n) is 12.9. The molecule has 0 bridgehead atoms. The van der Waals surface area contributed by atoms with E-state index in [-0.39, 0.29) is 0 Å². The number of likely N-dealkylation sites (N-methyl/N-ethyl adjacent to an activating group) is 1. The predicted octanol–water partition coefficient (Wildman–Crippen LogP) is 1.86. The van der Waals surface area contributed by atoms with Crippen molar-refractivity contribution in [3.8, 4) is 0 Å². The van der Waals surface area contributed by atoms with Gasteiger partial charge in [-0.3, -0.25) is 4.90 Å². The van der Waals surface area contributed by atoms with E-state index in [0.29, 0.717) is 0 Å². The highest BCUT2D eigenvalue weighted by Crippen LogP contribution is 2.22. The highest BCUT2D eigenvalue weighted by atomic mass is 15.2. The molecule has 2 heterocycles. The normalized spacial score (nSPS) is 23.2. The molecule has 0 radical (unpaired) electrons. The zero-order valence-corrected chi connectivity index (χ0v) is 12.9. The molecule has 1 aromatic rings. The Hall–Kier alpha value is -0.900. The summed E-state index contributed by atoms with van der Waals surface area (Å²) in [5, 5.41) is 3.48. The van der Waals surface area contributed by atoms with Crippen molar-refractivity contribution in [3.63, 3.8) is 0 Å². The van der Waals surface area contributed by atoms with Crippen LogP contribution in [0.25, 0.3) is 0 Å². The van der Waals surface area contributed by atoms with Crippen LogP contribution in [0.2, 0.25) is 0 Å². The van der Waals surface area contributed by atoms with E-state index in [1.807, 2.05) is 0 Å². The van der Waals surface area contributed by atoms with Crippen LogP contribution in [0.5, 0.6) is 0 Å². The van der Waals surface area contributed by atoms with Gasteiger partial charge in [0.2, 0.25) is 0 Å². The van der Waals surface area contributed by atoms with Gasteiger partial charge in [-0.1, -0.05) is 18.2 Å². The van der Waals surface area contributed by atoms with Gasteiger partial charge in [0, 0.05) is 25.7 Å². The third-order valence-corrected chi connectivity index (χ3v) is 4.62. The van der Waals surface area contributed by atoms with Crippen LogP contribution in [0.15, 0.2) is 18.2 Å². The van der Waals surface area contributed by atoms with Gasteiger partial charge in [-0.2, -0.15) is 0 Å². The highest BCUT2D eigenvalue weighted by molar-refractivity contribution is 5.33. The number of hydrogen-bond acceptors (Lipinski definition) is 3. The van der Waals surface area contributed by atoms with Crippen LogP contribution in [-0.4, -0.2) is 49.6 Å². The molecule has 0 amide bonds. The quantitative estimate of drug-likeness (QED) is 0.903. The fraction of sp³-hybridized carbons (Fsp3) is 0.647. The molecule has 2 aliphatic heterocycles. The lowest BCUT2D eigenvalue weighted by Crippen LogP contribution is -2.37. The van der Waals surface area contributed by atoms with Crippen LogP contribution >= 0.6 is 0 Å². The molecule has 0 saturated carbocycles. The average molecular weight is 273 g/mol. The predicted molar refractivity (Wildman–Crippen MR) is 83.8 cm³/mol. The monoisotopic (exact) mass is 273 g/mol. The molecular formula is C17H27N3. The summed E-state index contributed by atoms with van der Waals surface area (Å²) in [7, 11) is 4.36. The molecular weight excluding hydrogens is 246 g/mol. The second kappa shape index (κ2) is 6.25. The minimum atomic E-state index is 0.735. The first-order valence-electron chi connectivity index (χ1n) is 7.92. The van der Waals surface area contributed by atoms with Gasteiger partial charge >= 0.3 is 0 Å². The van der Waals surface area contributed by atoms with E-state index in [9.17, 15) is 0 Å². The first-order chi connectivity index (χ1) is 9.72. The lowest BCUT2D eigenvalue weighted by molar-refractivity contribution is 0.201. The Morgan fingerprint density at radius 3 is 3.05 bits per heavy atom. The zero-order chi connectivity index (χ0) is 13.9. The van der Waals surface area contributed by atoms with Gasteiger partial charge in [0.1, 0.15) is 0 Å². The fourth-order valence-electron chi connectivity index (χ4n) is 3.60. The molecule has 0 aromatic heterocycles. The van der Waals surface area contributed by atoms with Gasteiger partial charge in [0.05, 0.1) is 0 Å². The van der Waals surface area contributed by atoms with Crippen LogP contribution in [0.1, 0.15) is 29.5 Å². The Bertz CT molecular complexity index is 456. The summed E-state index contributed by atoms with van der Waals surface area (Å²) in [6.45, 7) is 5.74. The molecule has 1 saturated heterocycles. The van der Waals surface area contributed by atoms with Crippen LogP contribution in [0, 0.1) is 0 Å². The van der Waals surface area contributed by atoms with Crippen molar-refractivity contribution >= 4 is 0 Å². The van der Waals surface area contributed by atoms with E-state index in [2.05, 4.69) is 47.4 Å². The van der Waals surface area contributed by atoms with Gasteiger partial charge in [-0.15, -0.1) is 0 Å². The van der Waals surface area contributed by atoms with Crippen LogP contribution in [-0.2, 0) is 19.5 Å². The summed E-state index contributed by atoms with van der Waals surface area (Å²) >= 11 is 0. The molecule has 1 fully saturated rings. The largest absolute Gasteiger partial charge is 0.312 e. The Labute approximate surface area is 123 Å². The maximum atomic E-state index is 3.48. The highest BCUT2D eigenvalue weighted by Gasteiger charge is 2.25. The van der Waals surface area contributed by atoms with Crippen molar-refractivity contribution in [1.82, 2.24) is 15.1 Å². The molecule has 20 heavy (non-hydrogen) atoms. The third kappa shape index (κ3) is 3.22. The summed E-state index contributed by atoms with van der Waals surface area (Å²) in [6, 6.07) is 7.85. The number of rotatable bonds is 4. The minimum absolute atomic E-state index is 0.735. The smallest absolute Gasteiger partial charge is 0.0237 e. The summed E-state index contributed by atoms with van der Waals surface area (Å²) in [6.07, 6.45) is 3.89. The number of benzene rings is 1. The van der Waals surface area contributed by atoms with E-state index < -0.39 is 0 Å². The summed E-state index contributed by atoms with van der Waals surface area (Å²) in [5.74, 6) is 0. The lowest BCUT2D eigenvalue weighted by Gasteiger charge is -2.27. The van der Waals surface area contributed by atoms with Gasteiger partial charge in [0.15, 0.2) is 0 Å². The maximum Gasteiger partial charge on any atom is 0.0237 e. The Morgan fingerprint density at radius 2 is 2.20 bits per heavy atom. The Balaban J connectivity index is 1.67. The molecule has 1 N–H and O–H groups in total. The number of likely N-dealkylation sites (tertiary alicyclic amines) is 1. The molecule has 3 heteroatoms. The van der Waals surface area contributed by atoms with Crippen molar-refractivity contribution in [2.45, 2.75) is 38.4 Å². The third-order valence-electron chi connectivity index (χ3n) is 4.62. The molecule has 3 rings (SSSR count). The molecule has 1 atom stereocenters. The molecule has 0 spiro atoms. The van der Waals surface area contributed by atoms with E-state index in [1.165, 1.54) is 43.5 Å². The number of nitrogens with zero attached hydrogens (tertiary/aromatic N) is 2. The molecule has 1 unspecified atom stereocenters. The molecule has 0 aliphatic carbocycles. The Kier molecular flexibility index (Phi) is 4.39. The summed E-state index contributed by atoms with van der Waals surface area (Å²) in [5.41, 5.74) is 4.54. The van der Waals surface area contributed by atoms with Crippen molar-refractivity contribution in [1.29, 1.82) is 0 Å². The topological polar surface area (TPSA) is 18.5 Å². The van der Waals surface area contributed by atoms with Crippen LogP contribution < -0.4 is 5.32 Å². The second-order valence-electron chi connectivity index (χ2n) is 6.56. The Morgan fingerprint density at radius 1 is 1.30 bits per heavy atom. The lowest BCUT2D eigenvalue weighted by atomic mass is 9.98. The van der Waals surface area contributed by atoms with E-state index in [4.69, 9.17) is 0 Å².